The Bertz CT molecular complexity index is 469. The summed E-state index contributed by atoms with van der Waals surface area (Å²) in [7, 11) is 0. The standard InChI is InChI=1S/C21H34N2/c1-8-11-12-21(16(5)17(6)22-13-9-2)23-18(7)15(4)20-14-19(20)10-3/h1,15,19-23H,5-7,9-14H2,2-4H3/t15?,19-,20-,21?/m1/s1. The lowest BCUT2D eigenvalue weighted by Crippen LogP contribution is -2.35. The van der Waals surface area contributed by atoms with E-state index in [0.717, 1.165) is 54.6 Å². The topological polar surface area (TPSA) is 24.1 Å². The molecular weight excluding hydrogens is 280 g/mol. The highest BCUT2D eigenvalue weighted by atomic mass is 15.0. The first kappa shape index (κ1) is 19.4. The minimum absolute atomic E-state index is 0.108. The molecule has 0 aromatic rings. The van der Waals surface area contributed by atoms with Gasteiger partial charge >= 0.3 is 0 Å². The molecule has 0 aromatic carbocycles. The summed E-state index contributed by atoms with van der Waals surface area (Å²) in [4.78, 5) is 0. The molecule has 0 aromatic heterocycles. The highest BCUT2D eigenvalue weighted by molar-refractivity contribution is 5.30. The van der Waals surface area contributed by atoms with Gasteiger partial charge in [0.15, 0.2) is 0 Å². The molecule has 0 aliphatic heterocycles. The summed E-state index contributed by atoms with van der Waals surface area (Å²) in [6.07, 6.45) is 10.7. The molecule has 2 nitrogen and oxygen atoms in total. The molecular formula is C21H34N2. The van der Waals surface area contributed by atoms with Crippen LogP contribution in [0.2, 0.25) is 0 Å². The van der Waals surface area contributed by atoms with Crippen LogP contribution < -0.4 is 10.6 Å². The van der Waals surface area contributed by atoms with Gasteiger partial charge in [-0.3, -0.25) is 0 Å². The summed E-state index contributed by atoms with van der Waals surface area (Å²) < 4.78 is 0. The van der Waals surface area contributed by atoms with E-state index in [-0.39, 0.29) is 6.04 Å². The largest absolute Gasteiger partial charge is 0.385 e. The van der Waals surface area contributed by atoms with Crippen LogP contribution in [0.4, 0.5) is 0 Å². The summed E-state index contributed by atoms with van der Waals surface area (Å²) in [5, 5.41) is 6.91. The average Bonchev–Trinajstić information content (AvgIpc) is 3.34. The van der Waals surface area contributed by atoms with Crippen molar-refractivity contribution in [3.8, 4) is 12.3 Å². The van der Waals surface area contributed by atoms with Crippen molar-refractivity contribution >= 4 is 0 Å². The minimum atomic E-state index is 0.108. The second-order valence-electron chi connectivity index (χ2n) is 6.75. The Labute approximate surface area is 143 Å². The van der Waals surface area contributed by atoms with E-state index in [2.05, 4.69) is 57.1 Å². The zero-order valence-electron chi connectivity index (χ0n) is 15.3. The Morgan fingerprint density at radius 2 is 2.00 bits per heavy atom. The normalized spacial score (nSPS) is 21.7. The van der Waals surface area contributed by atoms with E-state index in [4.69, 9.17) is 6.42 Å². The van der Waals surface area contributed by atoms with Gasteiger partial charge in [0.1, 0.15) is 0 Å². The molecule has 0 spiro atoms. The molecule has 2 heteroatoms. The van der Waals surface area contributed by atoms with Crippen molar-refractivity contribution in [2.75, 3.05) is 6.54 Å². The van der Waals surface area contributed by atoms with Gasteiger partial charge in [0.25, 0.3) is 0 Å². The molecule has 23 heavy (non-hydrogen) atoms. The van der Waals surface area contributed by atoms with Crippen molar-refractivity contribution in [1.29, 1.82) is 0 Å². The molecule has 1 fully saturated rings. The molecule has 1 saturated carbocycles. The van der Waals surface area contributed by atoms with E-state index < -0.39 is 0 Å². The molecule has 0 amide bonds. The summed E-state index contributed by atoms with van der Waals surface area (Å²) in [6, 6.07) is 0.108. The lowest BCUT2D eigenvalue weighted by atomic mass is 9.96. The fourth-order valence-corrected chi connectivity index (χ4v) is 3.13. The number of rotatable bonds is 12. The predicted octanol–water partition coefficient (Wildman–Crippen LogP) is 4.62. The van der Waals surface area contributed by atoms with Crippen molar-refractivity contribution in [3.05, 3.63) is 36.7 Å². The van der Waals surface area contributed by atoms with E-state index in [1.165, 1.54) is 12.8 Å². The van der Waals surface area contributed by atoms with Gasteiger partial charge in [0.05, 0.1) is 6.04 Å². The minimum Gasteiger partial charge on any atom is -0.385 e. The van der Waals surface area contributed by atoms with Crippen LogP contribution in [0, 0.1) is 30.1 Å². The quantitative estimate of drug-likeness (QED) is 0.405. The van der Waals surface area contributed by atoms with Gasteiger partial charge in [0, 0.05) is 24.4 Å². The summed E-state index contributed by atoms with van der Waals surface area (Å²) in [5.41, 5.74) is 3.00. The molecule has 0 bridgehead atoms. The van der Waals surface area contributed by atoms with E-state index >= 15 is 0 Å². The summed E-state index contributed by atoms with van der Waals surface area (Å²) >= 11 is 0. The highest BCUT2D eigenvalue weighted by Gasteiger charge is 2.40. The second-order valence-corrected chi connectivity index (χ2v) is 6.75. The monoisotopic (exact) mass is 314 g/mol. The molecule has 0 heterocycles. The predicted molar refractivity (Wildman–Crippen MR) is 102 cm³/mol. The Morgan fingerprint density at radius 1 is 1.30 bits per heavy atom. The zero-order chi connectivity index (χ0) is 17.4. The van der Waals surface area contributed by atoms with Crippen molar-refractivity contribution in [2.24, 2.45) is 17.8 Å². The Morgan fingerprint density at radius 3 is 2.52 bits per heavy atom. The van der Waals surface area contributed by atoms with E-state index in [9.17, 15) is 0 Å². The fourth-order valence-electron chi connectivity index (χ4n) is 3.13. The van der Waals surface area contributed by atoms with Crippen molar-refractivity contribution in [3.63, 3.8) is 0 Å². The first-order chi connectivity index (χ1) is 11.0. The molecule has 2 unspecified atom stereocenters. The van der Waals surface area contributed by atoms with Crippen molar-refractivity contribution in [2.45, 2.75) is 58.9 Å². The van der Waals surface area contributed by atoms with E-state index in [1.54, 1.807) is 0 Å². The van der Waals surface area contributed by atoms with Crippen LogP contribution in [0.15, 0.2) is 36.7 Å². The second kappa shape index (κ2) is 9.50. The van der Waals surface area contributed by atoms with Crippen LogP contribution in [0.5, 0.6) is 0 Å². The molecule has 1 aliphatic carbocycles. The number of hydrogen-bond donors (Lipinski definition) is 2. The molecule has 0 radical (unpaired) electrons. The highest BCUT2D eigenvalue weighted by Crippen LogP contribution is 2.48. The third kappa shape index (κ3) is 5.82. The molecule has 2 N–H and O–H groups in total. The number of nitrogens with one attached hydrogen (secondary N) is 2. The first-order valence-corrected chi connectivity index (χ1v) is 8.96. The maximum Gasteiger partial charge on any atom is 0.0534 e. The SMILES string of the molecule is C#CCCC(NC(=C)C(C)[C@H]1C[C@H]1CC)C(=C)C(=C)NCCC. The van der Waals surface area contributed by atoms with Gasteiger partial charge in [-0.1, -0.05) is 46.9 Å². The Balaban J connectivity index is 2.63. The van der Waals surface area contributed by atoms with E-state index in [0.29, 0.717) is 5.92 Å². The van der Waals surface area contributed by atoms with Gasteiger partial charge in [-0.05, 0) is 42.6 Å². The van der Waals surface area contributed by atoms with Crippen LogP contribution in [0.1, 0.15) is 52.9 Å². The Kier molecular flexibility index (Phi) is 8.03. The van der Waals surface area contributed by atoms with Crippen molar-refractivity contribution < 1.29 is 0 Å². The molecule has 0 saturated heterocycles. The Hall–Kier alpha value is -1.62. The number of terminal acetylenes is 1. The smallest absolute Gasteiger partial charge is 0.0534 e. The third-order valence-electron chi connectivity index (χ3n) is 5.03. The zero-order valence-corrected chi connectivity index (χ0v) is 15.3. The average molecular weight is 315 g/mol. The van der Waals surface area contributed by atoms with Gasteiger partial charge < -0.3 is 10.6 Å². The fraction of sp³-hybridized carbons (Fsp3) is 0.619. The van der Waals surface area contributed by atoms with Crippen LogP contribution in [0.3, 0.4) is 0 Å². The van der Waals surface area contributed by atoms with Crippen LogP contribution in [-0.2, 0) is 0 Å². The van der Waals surface area contributed by atoms with Crippen LogP contribution in [0.25, 0.3) is 0 Å². The summed E-state index contributed by atoms with van der Waals surface area (Å²) in [5.74, 6) is 4.88. The molecule has 4 atom stereocenters. The van der Waals surface area contributed by atoms with Gasteiger partial charge in [-0.2, -0.15) is 0 Å². The van der Waals surface area contributed by atoms with Gasteiger partial charge in [-0.25, -0.2) is 0 Å². The van der Waals surface area contributed by atoms with Gasteiger partial charge in [-0.15, -0.1) is 12.3 Å². The number of allylic oxidation sites excluding steroid dienone is 1. The number of hydrogen-bond acceptors (Lipinski definition) is 2. The summed E-state index contributed by atoms with van der Waals surface area (Å²) in [6.45, 7) is 20.2. The maximum absolute atomic E-state index is 5.45. The first-order valence-electron chi connectivity index (χ1n) is 8.96. The van der Waals surface area contributed by atoms with E-state index in [1.807, 2.05) is 0 Å². The van der Waals surface area contributed by atoms with Crippen LogP contribution >= 0.6 is 0 Å². The van der Waals surface area contributed by atoms with Crippen molar-refractivity contribution in [1.82, 2.24) is 10.6 Å². The molecule has 1 aliphatic rings. The molecule has 1 rings (SSSR count). The molecule has 128 valence electrons. The van der Waals surface area contributed by atoms with Gasteiger partial charge in [0.2, 0.25) is 0 Å². The van der Waals surface area contributed by atoms with Crippen LogP contribution in [-0.4, -0.2) is 12.6 Å². The lowest BCUT2D eigenvalue weighted by Gasteiger charge is -2.27. The third-order valence-corrected chi connectivity index (χ3v) is 5.03. The lowest BCUT2D eigenvalue weighted by molar-refractivity contribution is 0.474. The maximum atomic E-state index is 5.45.